The van der Waals surface area contributed by atoms with Gasteiger partial charge in [0.2, 0.25) is 0 Å². The summed E-state index contributed by atoms with van der Waals surface area (Å²) in [5, 5.41) is 12.9. The number of methoxy groups -OCH3 is 1. The average Bonchev–Trinajstić information content (AvgIpc) is 3.17. The highest BCUT2D eigenvalue weighted by molar-refractivity contribution is 6.42. The van der Waals surface area contributed by atoms with Crippen molar-refractivity contribution in [2.45, 2.75) is 0 Å². The van der Waals surface area contributed by atoms with Crippen molar-refractivity contribution >= 4 is 40.9 Å². The maximum atomic E-state index is 12.4. The zero-order valence-electron chi connectivity index (χ0n) is 14.7. The summed E-state index contributed by atoms with van der Waals surface area (Å²) >= 11 is 12.0. The molecule has 0 aliphatic heterocycles. The molecular weight excluding hydrogens is 399 g/mol. The van der Waals surface area contributed by atoms with Gasteiger partial charge >= 0.3 is 0 Å². The molecular formula is C21H14Cl2N2O3. The van der Waals surface area contributed by atoms with E-state index in [0.717, 1.165) is 5.56 Å². The highest BCUT2D eigenvalue weighted by atomic mass is 35.5. The zero-order chi connectivity index (χ0) is 20.1. The Morgan fingerprint density at radius 2 is 1.93 bits per heavy atom. The molecule has 140 valence electrons. The highest BCUT2D eigenvalue weighted by Crippen LogP contribution is 2.30. The predicted octanol–water partition coefficient (Wildman–Crippen LogP) is 5.81. The molecule has 0 radical (unpaired) electrons. The Kier molecular flexibility index (Phi) is 6.05. The van der Waals surface area contributed by atoms with E-state index in [1.165, 1.54) is 13.2 Å². The summed E-state index contributed by atoms with van der Waals surface area (Å²) < 4.78 is 10.9. The quantitative estimate of drug-likeness (QED) is 0.423. The summed E-state index contributed by atoms with van der Waals surface area (Å²) in [6.07, 6.45) is 1.37. The summed E-state index contributed by atoms with van der Waals surface area (Å²) in [6, 6.07) is 17.3. The van der Waals surface area contributed by atoms with Crippen LogP contribution in [0.15, 0.2) is 64.6 Å². The van der Waals surface area contributed by atoms with E-state index < -0.39 is 5.91 Å². The molecule has 0 aliphatic rings. The smallest absolute Gasteiger partial charge is 0.266 e. The van der Waals surface area contributed by atoms with Gasteiger partial charge in [-0.05, 0) is 42.5 Å². The fraction of sp³-hybridized carbons (Fsp3) is 0.0476. The Labute approximate surface area is 171 Å². The minimum atomic E-state index is -0.570. The number of carbonyl (C=O) groups is 1. The van der Waals surface area contributed by atoms with Crippen LogP contribution >= 0.6 is 23.2 Å². The van der Waals surface area contributed by atoms with Crippen LogP contribution in [0, 0.1) is 11.3 Å². The van der Waals surface area contributed by atoms with Crippen molar-refractivity contribution in [3.05, 3.63) is 76.0 Å². The second-order valence-electron chi connectivity index (χ2n) is 5.66. The van der Waals surface area contributed by atoms with Gasteiger partial charge in [0, 0.05) is 11.6 Å². The van der Waals surface area contributed by atoms with Gasteiger partial charge in [-0.15, -0.1) is 0 Å². The van der Waals surface area contributed by atoms with Crippen LogP contribution in [0.1, 0.15) is 5.76 Å². The van der Waals surface area contributed by atoms with Crippen molar-refractivity contribution in [3.8, 4) is 23.1 Å². The number of hydrogen-bond donors (Lipinski definition) is 1. The number of nitrogens with one attached hydrogen (secondary N) is 1. The second-order valence-corrected chi connectivity index (χ2v) is 6.47. The normalized spacial score (nSPS) is 11.0. The number of ether oxygens (including phenoxy) is 1. The maximum Gasteiger partial charge on any atom is 0.266 e. The lowest BCUT2D eigenvalue weighted by atomic mass is 10.2. The number of anilines is 1. The summed E-state index contributed by atoms with van der Waals surface area (Å²) in [4.78, 5) is 12.4. The van der Waals surface area contributed by atoms with E-state index in [1.54, 1.807) is 54.6 Å². The number of carbonyl (C=O) groups excluding carboxylic acids is 1. The third-order valence-corrected chi connectivity index (χ3v) is 4.58. The third kappa shape index (κ3) is 4.37. The number of para-hydroxylation sites is 2. The van der Waals surface area contributed by atoms with E-state index >= 15 is 0 Å². The van der Waals surface area contributed by atoms with E-state index in [0.29, 0.717) is 33.0 Å². The van der Waals surface area contributed by atoms with Crippen LogP contribution in [0.4, 0.5) is 5.69 Å². The number of halogens is 2. The molecule has 0 fully saturated rings. The Morgan fingerprint density at radius 1 is 1.14 bits per heavy atom. The lowest BCUT2D eigenvalue weighted by Crippen LogP contribution is -2.14. The number of furan rings is 1. The molecule has 7 heteroatoms. The van der Waals surface area contributed by atoms with Crippen molar-refractivity contribution in [1.82, 2.24) is 0 Å². The van der Waals surface area contributed by atoms with Gasteiger partial charge in [-0.25, -0.2) is 0 Å². The average molecular weight is 413 g/mol. The summed E-state index contributed by atoms with van der Waals surface area (Å²) in [5.74, 6) is 0.813. The van der Waals surface area contributed by atoms with Gasteiger partial charge in [-0.1, -0.05) is 35.3 Å². The molecule has 1 aromatic heterocycles. The lowest BCUT2D eigenvalue weighted by molar-refractivity contribution is -0.112. The molecule has 0 unspecified atom stereocenters. The van der Waals surface area contributed by atoms with Crippen LogP contribution in [0.2, 0.25) is 10.0 Å². The molecule has 1 N–H and O–H groups in total. The standard InChI is InChI=1S/C21H14Cl2N2O3/c1-27-20-5-3-2-4-18(20)25-21(26)14(12-24)10-15-7-9-19(28-15)13-6-8-16(22)17(23)11-13/h2-11H,1H3,(H,25,26)/b14-10+. The molecule has 0 saturated carbocycles. The first-order chi connectivity index (χ1) is 13.5. The van der Waals surface area contributed by atoms with Gasteiger partial charge in [-0.2, -0.15) is 5.26 Å². The number of amides is 1. The topological polar surface area (TPSA) is 75.3 Å². The predicted molar refractivity (Wildman–Crippen MR) is 109 cm³/mol. The van der Waals surface area contributed by atoms with E-state index in [1.807, 2.05) is 6.07 Å². The Bertz CT molecular complexity index is 1100. The Hall–Kier alpha value is -3.20. The van der Waals surface area contributed by atoms with Gasteiger partial charge < -0.3 is 14.5 Å². The van der Waals surface area contributed by atoms with Gasteiger partial charge in [0.15, 0.2) is 0 Å². The van der Waals surface area contributed by atoms with Gasteiger partial charge in [0.05, 0.1) is 22.8 Å². The number of rotatable bonds is 5. The van der Waals surface area contributed by atoms with Crippen LogP contribution in [-0.4, -0.2) is 13.0 Å². The summed E-state index contributed by atoms with van der Waals surface area (Å²) in [5.41, 5.74) is 1.08. The molecule has 3 rings (SSSR count). The Morgan fingerprint density at radius 3 is 2.64 bits per heavy atom. The largest absolute Gasteiger partial charge is 0.495 e. The van der Waals surface area contributed by atoms with Crippen LogP contribution in [-0.2, 0) is 4.79 Å². The highest BCUT2D eigenvalue weighted by Gasteiger charge is 2.14. The number of hydrogen-bond acceptors (Lipinski definition) is 4. The summed E-state index contributed by atoms with van der Waals surface area (Å²) in [6.45, 7) is 0. The van der Waals surface area contributed by atoms with E-state index in [-0.39, 0.29) is 5.57 Å². The molecule has 2 aromatic carbocycles. The molecule has 28 heavy (non-hydrogen) atoms. The molecule has 3 aromatic rings. The second kappa shape index (κ2) is 8.66. The molecule has 0 atom stereocenters. The summed E-state index contributed by atoms with van der Waals surface area (Å²) in [7, 11) is 1.50. The number of nitriles is 1. The van der Waals surface area contributed by atoms with Crippen molar-refractivity contribution in [2.75, 3.05) is 12.4 Å². The van der Waals surface area contributed by atoms with Crippen LogP contribution in [0.5, 0.6) is 5.75 Å². The SMILES string of the molecule is COc1ccccc1NC(=O)/C(C#N)=C/c1ccc(-c2ccc(Cl)c(Cl)c2)o1. The minimum absolute atomic E-state index is 0.110. The monoisotopic (exact) mass is 412 g/mol. The van der Waals surface area contributed by atoms with Crippen molar-refractivity contribution in [1.29, 1.82) is 5.26 Å². The first-order valence-electron chi connectivity index (χ1n) is 8.13. The van der Waals surface area contributed by atoms with Gasteiger partial charge in [0.1, 0.15) is 28.9 Å². The van der Waals surface area contributed by atoms with Gasteiger partial charge in [-0.3, -0.25) is 4.79 Å². The fourth-order valence-corrected chi connectivity index (χ4v) is 2.76. The van der Waals surface area contributed by atoms with Crippen molar-refractivity contribution in [3.63, 3.8) is 0 Å². The molecule has 1 heterocycles. The number of benzene rings is 2. The van der Waals surface area contributed by atoms with Crippen molar-refractivity contribution in [2.24, 2.45) is 0 Å². The zero-order valence-corrected chi connectivity index (χ0v) is 16.2. The van der Waals surface area contributed by atoms with Crippen LogP contribution in [0.25, 0.3) is 17.4 Å². The number of nitrogens with zero attached hydrogens (tertiary/aromatic N) is 1. The third-order valence-electron chi connectivity index (χ3n) is 3.84. The molecule has 0 saturated heterocycles. The van der Waals surface area contributed by atoms with E-state index in [4.69, 9.17) is 32.4 Å². The molecule has 0 aliphatic carbocycles. The van der Waals surface area contributed by atoms with Crippen LogP contribution < -0.4 is 10.1 Å². The molecule has 5 nitrogen and oxygen atoms in total. The first-order valence-corrected chi connectivity index (χ1v) is 8.89. The molecule has 0 spiro atoms. The minimum Gasteiger partial charge on any atom is -0.495 e. The molecule has 0 bridgehead atoms. The van der Waals surface area contributed by atoms with Crippen LogP contribution in [0.3, 0.4) is 0 Å². The lowest BCUT2D eigenvalue weighted by Gasteiger charge is -2.08. The Balaban J connectivity index is 1.83. The van der Waals surface area contributed by atoms with Crippen molar-refractivity contribution < 1.29 is 13.9 Å². The molecule has 1 amide bonds. The maximum absolute atomic E-state index is 12.4. The van der Waals surface area contributed by atoms with Gasteiger partial charge in [0.25, 0.3) is 5.91 Å². The van der Waals surface area contributed by atoms with E-state index in [9.17, 15) is 10.1 Å². The first kappa shape index (κ1) is 19.6. The fourth-order valence-electron chi connectivity index (χ4n) is 2.46. The van der Waals surface area contributed by atoms with E-state index in [2.05, 4.69) is 5.32 Å².